The molecule has 0 radical (unpaired) electrons. The van der Waals surface area contributed by atoms with Crippen LogP contribution in [0.1, 0.15) is 17.9 Å². The molecule has 2 atom stereocenters. The van der Waals surface area contributed by atoms with Crippen LogP contribution in [0.5, 0.6) is 11.5 Å². The second-order valence-corrected chi connectivity index (χ2v) is 9.03. The summed E-state index contributed by atoms with van der Waals surface area (Å²) in [5.74, 6) is -0.396. The van der Waals surface area contributed by atoms with Gasteiger partial charge in [-0.2, -0.15) is 0 Å². The molecule has 6 nitrogen and oxygen atoms in total. The maximum absolute atomic E-state index is 12.9. The van der Waals surface area contributed by atoms with Crippen LogP contribution in [0, 0.1) is 0 Å². The molecule has 8 heteroatoms. The van der Waals surface area contributed by atoms with Crippen molar-refractivity contribution in [2.45, 2.75) is 18.4 Å². The van der Waals surface area contributed by atoms with Crippen LogP contribution in [-0.4, -0.2) is 46.5 Å². The van der Waals surface area contributed by atoms with Gasteiger partial charge in [-0.25, -0.2) is 0 Å². The molecule has 4 rings (SSSR count). The lowest BCUT2D eigenvalue weighted by Gasteiger charge is -2.24. The van der Waals surface area contributed by atoms with Gasteiger partial charge in [0.15, 0.2) is 5.43 Å². The maximum Gasteiger partial charge on any atom is 0.197 e. The SMILES string of the molecule is CN1CCC(c2c(O)cc(O)c3c(=O)cc(-c4ccc(Br)cc4Br)oc23)C1CO. The second-order valence-electron chi connectivity index (χ2n) is 7.26. The van der Waals surface area contributed by atoms with Gasteiger partial charge in [0.1, 0.15) is 28.2 Å². The van der Waals surface area contributed by atoms with Gasteiger partial charge in [-0.15, -0.1) is 0 Å². The highest BCUT2D eigenvalue weighted by Gasteiger charge is 2.36. The van der Waals surface area contributed by atoms with Crippen molar-refractivity contribution < 1.29 is 19.7 Å². The lowest BCUT2D eigenvalue weighted by Crippen LogP contribution is -2.32. The van der Waals surface area contributed by atoms with Crippen LogP contribution in [0.15, 0.2) is 48.5 Å². The minimum absolute atomic E-state index is 0.0287. The summed E-state index contributed by atoms with van der Waals surface area (Å²) < 4.78 is 7.72. The molecule has 1 aliphatic heterocycles. The standard InChI is InChI=1S/C21H19Br2NO5/c1-24-5-4-12(14(24)9-25)19-15(26)7-16(27)20-17(28)8-18(29-21(19)20)11-3-2-10(22)6-13(11)23/h2-3,6-8,12,14,25-27H,4-5,9H2,1H3. The average molecular weight is 525 g/mol. The Bertz CT molecular complexity index is 1160. The number of aliphatic hydroxyl groups excluding tert-OH is 1. The second kappa shape index (κ2) is 7.75. The zero-order chi connectivity index (χ0) is 20.9. The van der Waals surface area contributed by atoms with Crippen molar-refractivity contribution in [2.75, 3.05) is 20.2 Å². The van der Waals surface area contributed by atoms with Crippen LogP contribution in [0.2, 0.25) is 0 Å². The Kier molecular flexibility index (Phi) is 5.46. The summed E-state index contributed by atoms with van der Waals surface area (Å²) in [5, 5.41) is 30.9. The summed E-state index contributed by atoms with van der Waals surface area (Å²) in [6, 6.07) is 7.77. The lowest BCUT2D eigenvalue weighted by atomic mass is 9.89. The number of nitrogens with zero attached hydrogens (tertiary/aromatic N) is 1. The van der Waals surface area contributed by atoms with Gasteiger partial charge in [-0.05, 0) is 54.1 Å². The van der Waals surface area contributed by atoms with Crippen molar-refractivity contribution >= 4 is 42.8 Å². The molecule has 29 heavy (non-hydrogen) atoms. The zero-order valence-corrected chi connectivity index (χ0v) is 18.7. The number of phenols is 2. The Morgan fingerprint density at radius 3 is 2.62 bits per heavy atom. The van der Waals surface area contributed by atoms with Crippen molar-refractivity contribution in [1.29, 1.82) is 0 Å². The number of fused-ring (bicyclic) bond motifs is 1. The molecule has 0 saturated carbocycles. The normalized spacial score (nSPS) is 19.9. The number of likely N-dealkylation sites (N-methyl/N-ethyl adjacent to an activating group) is 1. The maximum atomic E-state index is 12.9. The number of aromatic hydroxyl groups is 2. The molecule has 0 aliphatic carbocycles. The quantitative estimate of drug-likeness (QED) is 0.476. The fourth-order valence-electron chi connectivity index (χ4n) is 4.11. The van der Waals surface area contributed by atoms with Crippen LogP contribution >= 0.6 is 31.9 Å². The van der Waals surface area contributed by atoms with Crippen molar-refractivity contribution in [3.05, 3.63) is 55.1 Å². The summed E-state index contributed by atoms with van der Waals surface area (Å²) in [6.45, 7) is 0.644. The number of aliphatic hydroxyl groups is 1. The smallest absolute Gasteiger partial charge is 0.197 e. The number of rotatable bonds is 3. The zero-order valence-electron chi connectivity index (χ0n) is 15.5. The van der Waals surface area contributed by atoms with E-state index < -0.39 is 5.43 Å². The monoisotopic (exact) mass is 523 g/mol. The molecule has 0 amide bonds. The third kappa shape index (κ3) is 3.48. The first kappa shape index (κ1) is 20.4. The van der Waals surface area contributed by atoms with Gasteiger partial charge in [-0.1, -0.05) is 15.9 Å². The highest BCUT2D eigenvalue weighted by Crippen LogP contribution is 2.44. The van der Waals surface area contributed by atoms with E-state index in [0.29, 0.717) is 23.3 Å². The van der Waals surface area contributed by atoms with Crippen molar-refractivity contribution in [2.24, 2.45) is 0 Å². The first-order chi connectivity index (χ1) is 13.8. The number of hydrogen-bond donors (Lipinski definition) is 3. The first-order valence-corrected chi connectivity index (χ1v) is 10.7. The van der Waals surface area contributed by atoms with E-state index >= 15 is 0 Å². The van der Waals surface area contributed by atoms with E-state index in [4.69, 9.17) is 4.42 Å². The van der Waals surface area contributed by atoms with Crippen LogP contribution in [0.3, 0.4) is 0 Å². The van der Waals surface area contributed by atoms with Crippen LogP contribution < -0.4 is 5.43 Å². The molecule has 2 heterocycles. The van der Waals surface area contributed by atoms with Gasteiger partial charge < -0.3 is 24.6 Å². The summed E-state index contributed by atoms with van der Waals surface area (Å²) in [5.41, 5.74) is 0.858. The molecule has 0 bridgehead atoms. The Morgan fingerprint density at radius 2 is 1.93 bits per heavy atom. The van der Waals surface area contributed by atoms with E-state index in [-0.39, 0.29) is 41.0 Å². The molecule has 1 aliphatic rings. The predicted octanol–water partition coefficient (Wildman–Crippen LogP) is 4.18. The van der Waals surface area contributed by atoms with E-state index in [1.807, 2.05) is 24.1 Å². The summed E-state index contributed by atoms with van der Waals surface area (Å²) in [7, 11) is 1.90. The molecule has 2 aromatic carbocycles. The Morgan fingerprint density at radius 1 is 1.17 bits per heavy atom. The van der Waals surface area contributed by atoms with Gasteiger partial charge in [0.2, 0.25) is 0 Å². The number of halogens is 2. The minimum Gasteiger partial charge on any atom is -0.507 e. The predicted molar refractivity (Wildman–Crippen MR) is 118 cm³/mol. The van der Waals surface area contributed by atoms with Gasteiger partial charge in [0, 0.05) is 44.2 Å². The van der Waals surface area contributed by atoms with Gasteiger partial charge in [-0.3, -0.25) is 4.79 Å². The third-order valence-electron chi connectivity index (χ3n) is 5.58. The molecule has 3 aromatic rings. The summed E-state index contributed by atoms with van der Waals surface area (Å²) in [4.78, 5) is 14.9. The minimum atomic E-state index is -0.401. The van der Waals surface area contributed by atoms with E-state index in [0.717, 1.165) is 15.5 Å². The fraction of sp³-hybridized carbons (Fsp3) is 0.286. The molecule has 1 aromatic heterocycles. The Labute approximate surface area is 183 Å². The van der Waals surface area contributed by atoms with Gasteiger partial charge in [0.05, 0.1) is 6.61 Å². The van der Waals surface area contributed by atoms with Gasteiger partial charge in [0.25, 0.3) is 0 Å². The largest absolute Gasteiger partial charge is 0.507 e. The molecule has 3 N–H and O–H groups in total. The highest BCUT2D eigenvalue weighted by molar-refractivity contribution is 9.11. The Balaban J connectivity index is 2.01. The molecular formula is C21H19Br2NO5. The summed E-state index contributed by atoms with van der Waals surface area (Å²) in [6.07, 6.45) is 0.686. The van der Waals surface area contributed by atoms with E-state index in [9.17, 15) is 20.1 Å². The first-order valence-electron chi connectivity index (χ1n) is 9.11. The Hall–Kier alpha value is -1.87. The molecule has 0 spiro atoms. The molecule has 2 unspecified atom stereocenters. The van der Waals surface area contributed by atoms with Crippen molar-refractivity contribution in [1.82, 2.24) is 4.90 Å². The van der Waals surface area contributed by atoms with E-state index in [1.165, 1.54) is 12.1 Å². The van der Waals surface area contributed by atoms with Crippen LogP contribution in [-0.2, 0) is 0 Å². The van der Waals surface area contributed by atoms with Gasteiger partial charge >= 0.3 is 0 Å². The lowest BCUT2D eigenvalue weighted by molar-refractivity contribution is 0.172. The van der Waals surface area contributed by atoms with Crippen LogP contribution in [0.25, 0.3) is 22.3 Å². The molecule has 1 saturated heterocycles. The van der Waals surface area contributed by atoms with Crippen molar-refractivity contribution in [3.8, 4) is 22.8 Å². The fourth-order valence-corrected chi connectivity index (χ4v) is 5.36. The number of hydrogen-bond acceptors (Lipinski definition) is 6. The topological polar surface area (TPSA) is 94.1 Å². The average Bonchev–Trinajstić information content (AvgIpc) is 3.01. The molecule has 152 valence electrons. The van der Waals surface area contributed by atoms with E-state index in [1.54, 1.807) is 6.07 Å². The third-order valence-corrected chi connectivity index (χ3v) is 6.73. The molecular weight excluding hydrogens is 506 g/mol. The number of benzene rings is 2. The van der Waals surface area contributed by atoms with Crippen molar-refractivity contribution in [3.63, 3.8) is 0 Å². The number of likely N-dealkylation sites (tertiary alicyclic amines) is 1. The number of phenolic OH excluding ortho intramolecular Hbond substituents is 2. The highest BCUT2D eigenvalue weighted by atomic mass is 79.9. The van der Waals surface area contributed by atoms with Crippen LogP contribution in [0.4, 0.5) is 0 Å². The summed E-state index contributed by atoms with van der Waals surface area (Å²) >= 11 is 6.89. The van der Waals surface area contributed by atoms with E-state index in [2.05, 4.69) is 31.9 Å². The molecule has 1 fully saturated rings.